The van der Waals surface area contributed by atoms with Crippen LogP contribution in [0, 0.1) is 20.8 Å². The molecule has 347 valence electrons. The topological polar surface area (TPSA) is 32.6 Å². The number of aryl methyl sites for hydroxylation is 3. The minimum absolute atomic E-state index is 0.551. The van der Waals surface area contributed by atoms with Gasteiger partial charge in [-0.25, -0.2) is 0 Å². The first kappa shape index (κ1) is 57.9. The summed E-state index contributed by atoms with van der Waals surface area (Å²) < 4.78 is 4.33. The molecule has 62 heavy (non-hydrogen) atoms. The van der Waals surface area contributed by atoms with E-state index in [4.69, 9.17) is 5.21 Å². The van der Waals surface area contributed by atoms with Crippen LogP contribution in [-0.4, -0.2) is 95.4 Å². The number of benzene rings is 3. The van der Waals surface area contributed by atoms with Gasteiger partial charge in [-0.2, -0.15) is 0 Å². The van der Waals surface area contributed by atoms with E-state index in [0.717, 1.165) is 32.2 Å². The Labute approximate surface area is 409 Å². The van der Waals surface area contributed by atoms with E-state index in [-0.39, 0.29) is 0 Å². The average Bonchev–Trinajstić information content (AvgIpc) is 3.01. The van der Waals surface area contributed by atoms with Gasteiger partial charge in [0.2, 0.25) is 0 Å². The van der Waals surface area contributed by atoms with Crippen molar-refractivity contribution in [1.29, 1.82) is 0 Å². The zero-order valence-electron chi connectivity index (χ0n) is 45.2. The molecule has 0 bridgehead atoms. The van der Waals surface area contributed by atoms with Crippen LogP contribution in [-0.2, 0) is 0 Å². The third-order valence-electron chi connectivity index (χ3n) is 12.7. The molecule has 0 aromatic heterocycles. The fourth-order valence-electron chi connectivity index (χ4n) is 12.0. The Morgan fingerprint density at radius 2 is 0.742 bits per heavy atom. The van der Waals surface area contributed by atoms with Crippen molar-refractivity contribution < 1.29 is 5.21 Å². The molecule has 3 rings (SSSR count). The van der Waals surface area contributed by atoms with Crippen LogP contribution in [0.4, 0.5) is 0 Å². The molecule has 0 spiro atoms. The van der Waals surface area contributed by atoms with Gasteiger partial charge < -0.3 is 0 Å². The Balaban J connectivity index is 0.000000863. The van der Waals surface area contributed by atoms with Crippen molar-refractivity contribution in [3.05, 3.63) is 92.0 Å². The van der Waals surface area contributed by atoms with Crippen LogP contribution in [0.15, 0.2) is 41.6 Å². The van der Waals surface area contributed by atoms with E-state index in [1.807, 2.05) is 32.1 Å². The normalized spacial score (nSPS) is 13.9. The second kappa shape index (κ2) is 21.4. The Morgan fingerprint density at radius 1 is 0.452 bits per heavy atom. The molecule has 0 aliphatic rings. The molecule has 0 fully saturated rings. The van der Waals surface area contributed by atoms with Gasteiger partial charge in [-0.1, -0.05) is 0 Å². The predicted molar refractivity (Wildman–Crippen MR) is 303 cm³/mol. The molecule has 10 heteroatoms. The van der Waals surface area contributed by atoms with Crippen LogP contribution in [0.5, 0.6) is 0 Å². The van der Waals surface area contributed by atoms with Gasteiger partial charge in [0.15, 0.2) is 0 Å². The standard InChI is InChI=1S/C27H59Si6.C15H23.C10H12NOSe.Sn/c1-28(2,3)25(29(4,5)6)22-19-23(26(30(7,8)9)31(10,11)12)21-24(20-22)27(32(13,14)15)33(16,17)18;1-10(2)13-7-14(11(3)4)9-15(8-13)12(5)6;1-6-4-7(2)9(8(3)5-6)10(13)11-12;/h19-20,25-27H,1-18H3;7-8,10-12H,1-6H3;4-5,12H,1-3H3;/b;;11-10-;. The van der Waals surface area contributed by atoms with Gasteiger partial charge in [-0.3, -0.25) is 0 Å². The molecule has 0 saturated heterocycles. The molecule has 3 aromatic rings. The monoisotopic (exact) mass is 1120 g/mol. The molecule has 3 aromatic carbocycles. The van der Waals surface area contributed by atoms with Crippen molar-refractivity contribution in [2.75, 3.05) is 0 Å². The van der Waals surface area contributed by atoms with E-state index < -0.39 is 69.6 Å². The van der Waals surface area contributed by atoms with Crippen molar-refractivity contribution in [1.82, 2.24) is 0 Å². The first-order chi connectivity index (χ1) is 27.7. The molecule has 2 nitrogen and oxygen atoms in total. The summed E-state index contributed by atoms with van der Waals surface area (Å²) in [6.07, 6.45) is 0. The molecule has 0 saturated carbocycles. The first-order valence-electron chi connectivity index (χ1n) is 23.8. The van der Waals surface area contributed by atoms with Gasteiger partial charge in [-0.05, 0) is 0 Å². The number of nitrogens with zero attached hydrogens (tertiary/aromatic N) is 1. The van der Waals surface area contributed by atoms with E-state index in [1.54, 1.807) is 22.3 Å². The zero-order chi connectivity index (χ0) is 48.6. The minimum atomic E-state index is -1.57. The molecule has 3 radical (unpaired) electrons. The fourth-order valence-corrected chi connectivity index (χ4v) is 58.2. The molecule has 0 heterocycles. The molecule has 0 unspecified atom stereocenters. The van der Waals surface area contributed by atoms with Crippen LogP contribution < -0.4 is 7.16 Å². The van der Waals surface area contributed by atoms with E-state index in [9.17, 15) is 0 Å². The second-order valence-electron chi connectivity index (χ2n) is 26.4. The maximum atomic E-state index is 8.66. The zero-order valence-corrected chi connectivity index (χ0v) is 55.8. The molecular formula is C52H94NOSeSi6Sn. The van der Waals surface area contributed by atoms with Crippen molar-refractivity contribution in [2.45, 2.75) is 213 Å². The van der Waals surface area contributed by atoms with Crippen molar-refractivity contribution >= 4 is 97.4 Å². The number of oxime groups is 1. The van der Waals surface area contributed by atoms with Crippen LogP contribution in [0.1, 0.15) is 130 Å². The third-order valence-corrected chi connectivity index (χ3v) is 46.0. The Kier molecular flexibility index (Phi) is 19.9. The van der Waals surface area contributed by atoms with E-state index >= 15 is 0 Å². The van der Waals surface area contributed by atoms with Crippen LogP contribution in [0.3, 0.4) is 0 Å². The Bertz CT molecular complexity index is 1890. The molecule has 0 atom stereocenters. The number of hydrogen-bond acceptors (Lipinski definition) is 2. The van der Waals surface area contributed by atoms with Crippen LogP contribution in [0.25, 0.3) is 0 Å². The van der Waals surface area contributed by atoms with Crippen molar-refractivity contribution in [2.24, 2.45) is 5.16 Å². The predicted octanol–water partition coefficient (Wildman–Crippen LogP) is 15.1. The summed E-state index contributed by atoms with van der Waals surface area (Å²) in [5.41, 5.74) is 14.9. The number of hydrogen-bond donors (Lipinski definition) is 1. The average molecular weight is 1120 g/mol. The Morgan fingerprint density at radius 3 is 1.00 bits per heavy atom. The summed E-state index contributed by atoms with van der Waals surface area (Å²) in [7, 11) is -9.28. The van der Waals surface area contributed by atoms with E-state index in [2.05, 4.69) is 224 Å². The summed E-state index contributed by atoms with van der Waals surface area (Å²) in [5, 5.41) is 14.1. The van der Waals surface area contributed by atoms with Crippen molar-refractivity contribution in [3.8, 4) is 0 Å². The van der Waals surface area contributed by atoms with E-state index in [0.29, 0.717) is 22.4 Å². The second-order valence-corrected chi connectivity index (χ2v) is 64.4. The van der Waals surface area contributed by atoms with Crippen LogP contribution in [0.2, 0.25) is 118 Å². The first-order valence-corrected chi connectivity index (χ1v) is 48.9. The van der Waals surface area contributed by atoms with Crippen LogP contribution >= 0.6 is 0 Å². The van der Waals surface area contributed by atoms with Crippen molar-refractivity contribution in [3.63, 3.8) is 0 Å². The fraction of sp³-hybridized carbons (Fsp3) is 0.635. The quantitative estimate of drug-likeness (QED) is 0.0699. The van der Waals surface area contributed by atoms with Gasteiger partial charge in [0, 0.05) is 0 Å². The number of rotatable bonds is 15. The summed E-state index contributed by atoms with van der Waals surface area (Å²) in [4.78, 5) is 0. The molecule has 0 amide bonds. The van der Waals surface area contributed by atoms with Gasteiger partial charge in [0.05, 0.1) is 0 Å². The maximum absolute atomic E-state index is 8.66. The van der Waals surface area contributed by atoms with Gasteiger partial charge >= 0.3 is 413 Å². The molecular weight excluding hydrogens is 1020 g/mol. The Hall–Kier alpha value is -0.251. The molecule has 1 N–H and O–H groups in total. The molecule has 0 aliphatic carbocycles. The van der Waals surface area contributed by atoms with Gasteiger partial charge in [0.25, 0.3) is 0 Å². The van der Waals surface area contributed by atoms with E-state index in [1.165, 1.54) is 5.56 Å². The van der Waals surface area contributed by atoms with Gasteiger partial charge in [-0.15, -0.1) is 0 Å². The summed E-state index contributed by atoms with van der Waals surface area (Å²) in [6.45, 7) is 69.5. The SMILES string of the molecule is CC(C)c1cc(C(C)C)[c]([Sn][c]2c(C([Si](C)(C)C)[Si](C)(C)C)cc(C([Si](C)(C)C)[Si](C)(C)C)cc2C([Si](C)(C)C)[Si](C)(C)C)c(C(C)C)c1.Cc1cc(C)c(/C([Se])=N/O)c(C)c1. The third kappa shape index (κ3) is 14.9. The summed E-state index contributed by atoms with van der Waals surface area (Å²) >= 11 is 1.53. The van der Waals surface area contributed by atoms with Gasteiger partial charge in [0.1, 0.15) is 0 Å². The summed E-state index contributed by atoms with van der Waals surface area (Å²) in [6, 6.07) is 15.3. The summed E-state index contributed by atoms with van der Waals surface area (Å²) in [5.74, 6) is 1.67. The molecule has 0 aliphatic heterocycles.